The predicted molar refractivity (Wildman–Crippen MR) is 44.7 cm³/mol. The minimum absolute atomic E-state index is 0.218. The quantitative estimate of drug-likeness (QED) is 0.435. The Hall–Kier alpha value is -0.0800. The summed E-state index contributed by atoms with van der Waals surface area (Å²) in [7, 11) is 0. The zero-order valence-electron chi connectivity index (χ0n) is 7.56. The monoisotopic (exact) mass is 158 g/mol. The fourth-order valence-electron chi connectivity index (χ4n) is 1.06. The van der Waals surface area contributed by atoms with Gasteiger partial charge in [-0.3, -0.25) is 0 Å². The summed E-state index contributed by atoms with van der Waals surface area (Å²) in [5.74, 6) is 0. The van der Waals surface area contributed by atoms with Crippen LogP contribution in [0.3, 0.4) is 0 Å². The van der Waals surface area contributed by atoms with Crippen molar-refractivity contribution >= 4 is 0 Å². The smallest absolute Gasteiger partial charge is 0.0889 e. The maximum atomic E-state index is 5.35. The molecule has 0 aromatic carbocycles. The molecule has 0 saturated carbocycles. The summed E-state index contributed by atoms with van der Waals surface area (Å²) in [5.41, 5.74) is 0.218. The van der Waals surface area contributed by atoms with Crippen LogP contribution in [0.25, 0.3) is 0 Å². The minimum atomic E-state index is 0.218. The molecule has 1 rings (SSSR count). The molecule has 2 nitrogen and oxygen atoms in total. The van der Waals surface area contributed by atoms with E-state index in [-0.39, 0.29) is 5.60 Å². The van der Waals surface area contributed by atoms with Crippen molar-refractivity contribution in [2.24, 2.45) is 0 Å². The second-order valence-electron chi connectivity index (χ2n) is 3.45. The first kappa shape index (κ1) is 9.01. The van der Waals surface area contributed by atoms with E-state index < -0.39 is 0 Å². The third-order valence-corrected chi connectivity index (χ3v) is 1.98. The lowest BCUT2D eigenvalue weighted by atomic mass is 10.1. The van der Waals surface area contributed by atoms with E-state index in [1.807, 2.05) is 0 Å². The standard InChI is InChI=1S/C9H18O2/c1-3-6-10-7-4-5-9(2)8-11-9/h3-8H2,1-2H3. The van der Waals surface area contributed by atoms with E-state index in [2.05, 4.69) is 13.8 Å². The molecule has 0 aromatic rings. The van der Waals surface area contributed by atoms with Crippen LogP contribution < -0.4 is 0 Å². The third kappa shape index (κ3) is 3.73. The van der Waals surface area contributed by atoms with E-state index in [0.717, 1.165) is 39.1 Å². The van der Waals surface area contributed by atoms with Gasteiger partial charge in [0.05, 0.1) is 12.2 Å². The molecule has 1 saturated heterocycles. The Kier molecular flexibility index (Phi) is 3.34. The molecule has 66 valence electrons. The van der Waals surface area contributed by atoms with Gasteiger partial charge in [0.15, 0.2) is 0 Å². The van der Waals surface area contributed by atoms with Crippen molar-refractivity contribution in [3.63, 3.8) is 0 Å². The molecule has 0 aromatic heterocycles. The average molecular weight is 158 g/mol. The summed E-state index contributed by atoms with van der Waals surface area (Å²) >= 11 is 0. The van der Waals surface area contributed by atoms with Crippen LogP contribution in [0.1, 0.15) is 33.1 Å². The van der Waals surface area contributed by atoms with Crippen LogP contribution in [0.2, 0.25) is 0 Å². The van der Waals surface area contributed by atoms with Crippen LogP contribution in [0.15, 0.2) is 0 Å². The fourth-order valence-corrected chi connectivity index (χ4v) is 1.06. The lowest BCUT2D eigenvalue weighted by Gasteiger charge is -2.04. The van der Waals surface area contributed by atoms with Crippen LogP contribution in [-0.2, 0) is 9.47 Å². The maximum Gasteiger partial charge on any atom is 0.0889 e. The summed E-state index contributed by atoms with van der Waals surface area (Å²) < 4.78 is 10.6. The van der Waals surface area contributed by atoms with Crippen molar-refractivity contribution in [2.75, 3.05) is 19.8 Å². The van der Waals surface area contributed by atoms with E-state index >= 15 is 0 Å². The molecule has 1 atom stereocenters. The van der Waals surface area contributed by atoms with E-state index in [0.29, 0.717) is 0 Å². The normalized spacial score (nSPS) is 28.9. The van der Waals surface area contributed by atoms with E-state index in [4.69, 9.17) is 9.47 Å². The zero-order chi connectivity index (χ0) is 8.16. The molecule has 2 heteroatoms. The Balaban J connectivity index is 1.81. The first-order chi connectivity index (χ1) is 5.27. The molecule has 1 fully saturated rings. The Bertz CT molecular complexity index is 108. The van der Waals surface area contributed by atoms with Crippen molar-refractivity contribution in [1.82, 2.24) is 0 Å². The van der Waals surface area contributed by atoms with Crippen LogP contribution in [0.5, 0.6) is 0 Å². The molecule has 1 aliphatic heterocycles. The van der Waals surface area contributed by atoms with Gasteiger partial charge in [-0.25, -0.2) is 0 Å². The highest BCUT2D eigenvalue weighted by Gasteiger charge is 2.38. The molecule has 0 radical (unpaired) electrons. The molecule has 0 spiro atoms. The predicted octanol–water partition coefficient (Wildman–Crippen LogP) is 1.98. The van der Waals surface area contributed by atoms with Gasteiger partial charge in [0, 0.05) is 13.2 Å². The van der Waals surface area contributed by atoms with Crippen LogP contribution in [-0.4, -0.2) is 25.4 Å². The second-order valence-corrected chi connectivity index (χ2v) is 3.45. The molecule has 0 bridgehead atoms. The fraction of sp³-hybridized carbons (Fsp3) is 1.00. The summed E-state index contributed by atoms with van der Waals surface area (Å²) in [6, 6.07) is 0. The minimum Gasteiger partial charge on any atom is -0.381 e. The first-order valence-electron chi connectivity index (χ1n) is 4.48. The van der Waals surface area contributed by atoms with Crippen molar-refractivity contribution < 1.29 is 9.47 Å². The van der Waals surface area contributed by atoms with Gasteiger partial charge < -0.3 is 9.47 Å². The number of ether oxygens (including phenoxy) is 2. The Morgan fingerprint density at radius 1 is 1.45 bits per heavy atom. The highest BCUT2D eigenvalue weighted by atomic mass is 16.6. The summed E-state index contributed by atoms with van der Waals surface area (Å²) in [6.45, 7) is 7.03. The average Bonchev–Trinajstić information content (AvgIpc) is 2.69. The van der Waals surface area contributed by atoms with E-state index in [1.54, 1.807) is 0 Å². The Morgan fingerprint density at radius 3 is 2.73 bits per heavy atom. The van der Waals surface area contributed by atoms with E-state index in [9.17, 15) is 0 Å². The third-order valence-electron chi connectivity index (χ3n) is 1.98. The highest BCUT2D eigenvalue weighted by molar-refractivity contribution is 4.86. The van der Waals surface area contributed by atoms with Gasteiger partial charge in [0.1, 0.15) is 0 Å². The summed E-state index contributed by atoms with van der Waals surface area (Å²) in [4.78, 5) is 0. The van der Waals surface area contributed by atoms with Gasteiger partial charge in [-0.05, 0) is 26.2 Å². The largest absolute Gasteiger partial charge is 0.381 e. The van der Waals surface area contributed by atoms with Gasteiger partial charge in [-0.1, -0.05) is 6.92 Å². The topological polar surface area (TPSA) is 21.8 Å². The molecular weight excluding hydrogens is 140 g/mol. The molecule has 1 aliphatic rings. The van der Waals surface area contributed by atoms with Gasteiger partial charge in [0.25, 0.3) is 0 Å². The van der Waals surface area contributed by atoms with Gasteiger partial charge in [0.2, 0.25) is 0 Å². The maximum absolute atomic E-state index is 5.35. The Labute approximate surface area is 68.9 Å². The summed E-state index contributed by atoms with van der Waals surface area (Å²) in [6.07, 6.45) is 3.40. The van der Waals surface area contributed by atoms with Gasteiger partial charge >= 0.3 is 0 Å². The number of hydrogen-bond donors (Lipinski definition) is 0. The van der Waals surface area contributed by atoms with Crippen molar-refractivity contribution in [2.45, 2.75) is 38.7 Å². The van der Waals surface area contributed by atoms with Crippen LogP contribution >= 0.6 is 0 Å². The van der Waals surface area contributed by atoms with E-state index in [1.165, 1.54) is 0 Å². The SMILES string of the molecule is CCCOCCCC1(C)CO1. The number of hydrogen-bond acceptors (Lipinski definition) is 2. The van der Waals surface area contributed by atoms with Crippen molar-refractivity contribution in [3.05, 3.63) is 0 Å². The molecule has 0 amide bonds. The van der Waals surface area contributed by atoms with Crippen LogP contribution in [0.4, 0.5) is 0 Å². The summed E-state index contributed by atoms with van der Waals surface area (Å²) in [5, 5.41) is 0. The van der Waals surface area contributed by atoms with Crippen molar-refractivity contribution in [1.29, 1.82) is 0 Å². The number of epoxide rings is 1. The lowest BCUT2D eigenvalue weighted by molar-refractivity contribution is 0.125. The first-order valence-corrected chi connectivity index (χ1v) is 4.48. The molecule has 11 heavy (non-hydrogen) atoms. The zero-order valence-corrected chi connectivity index (χ0v) is 7.56. The highest BCUT2D eigenvalue weighted by Crippen LogP contribution is 2.30. The molecule has 0 N–H and O–H groups in total. The molecule has 1 unspecified atom stereocenters. The molecular formula is C9H18O2. The second kappa shape index (κ2) is 4.07. The molecule has 1 heterocycles. The molecule has 0 aliphatic carbocycles. The number of rotatable bonds is 6. The van der Waals surface area contributed by atoms with Crippen molar-refractivity contribution in [3.8, 4) is 0 Å². The Morgan fingerprint density at radius 2 is 2.18 bits per heavy atom. The van der Waals surface area contributed by atoms with Gasteiger partial charge in [-0.2, -0.15) is 0 Å². The van der Waals surface area contributed by atoms with Gasteiger partial charge in [-0.15, -0.1) is 0 Å². The van der Waals surface area contributed by atoms with Crippen LogP contribution in [0, 0.1) is 0 Å². The lowest BCUT2D eigenvalue weighted by Crippen LogP contribution is -2.06.